The molecule has 1 aliphatic heterocycles. The molecule has 0 radical (unpaired) electrons. The minimum absolute atomic E-state index is 0.00490. The van der Waals surface area contributed by atoms with E-state index in [4.69, 9.17) is 33.7 Å². The molecular formula is C14H20Cl2N2O3S. The molecule has 2 atom stereocenters. The molecule has 1 aromatic carbocycles. The Kier molecular flexibility index (Phi) is 5.61. The van der Waals surface area contributed by atoms with Crippen molar-refractivity contribution in [2.75, 3.05) is 20.2 Å². The second-order valence-corrected chi connectivity index (χ2v) is 8.26. The van der Waals surface area contributed by atoms with Crippen LogP contribution in [0.3, 0.4) is 0 Å². The van der Waals surface area contributed by atoms with Gasteiger partial charge in [-0.1, -0.05) is 23.2 Å². The third-order valence-electron chi connectivity index (χ3n) is 3.99. The highest BCUT2D eigenvalue weighted by atomic mass is 35.5. The zero-order valence-electron chi connectivity index (χ0n) is 12.6. The molecule has 0 amide bonds. The van der Waals surface area contributed by atoms with E-state index in [1.807, 2.05) is 6.92 Å². The summed E-state index contributed by atoms with van der Waals surface area (Å²) in [7, 11) is -2.25. The monoisotopic (exact) mass is 366 g/mol. The Morgan fingerprint density at radius 3 is 2.64 bits per heavy atom. The van der Waals surface area contributed by atoms with Crippen LogP contribution in [0.5, 0.6) is 5.75 Å². The van der Waals surface area contributed by atoms with Crippen molar-refractivity contribution in [2.24, 2.45) is 11.7 Å². The van der Waals surface area contributed by atoms with Crippen LogP contribution < -0.4 is 10.5 Å². The SMILES string of the molecule is COc1cc(Cl)c(S(=O)(=O)N2CCCC(C(C)N)C2)cc1Cl. The zero-order valence-corrected chi connectivity index (χ0v) is 14.9. The molecule has 1 saturated heterocycles. The number of sulfonamides is 1. The molecule has 0 aromatic heterocycles. The number of hydrogen-bond donors (Lipinski definition) is 1. The number of piperidine rings is 1. The Morgan fingerprint density at radius 2 is 2.05 bits per heavy atom. The Morgan fingerprint density at radius 1 is 1.36 bits per heavy atom. The lowest BCUT2D eigenvalue weighted by Crippen LogP contribution is -2.45. The summed E-state index contributed by atoms with van der Waals surface area (Å²) >= 11 is 12.2. The maximum atomic E-state index is 12.8. The number of benzene rings is 1. The fourth-order valence-electron chi connectivity index (χ4n) is 2.62. The fourth-order valence-corrected chi connectivity index (χ4v) is 4.98. The lowest BCUT2D eigenvalue weighted by molar-refractivity contribution is 0.243. The third-order valence-corrected chi connectivity index (χ3v) is 6.61. The molecule has 0 saturated carbocycles. The summed E-state index contributed by atoms with van der Waals surface area (Å²) in [5.74, 6) is 0.494. The van der Waals surface area contributed by atoms with Gasteiger partial charge in [0.2, 0.25) is 10.0 Å². The van der Waals surface area contributed by atoms with Crippen molar-refractivity contribution >= 4 is 33.2 Å². The third kappa shape index (κ3) is 3.51. The van der Waals surface area contributed by atoms with Crippen LogP contribution in [0.4, 0.5) is 0 Å². The summed E-state index contributed by atoms with van der Waals surface area (Å²) in [5, 5.41) is 0.315. The molecule has 0 aliphatic carbocycles. The van der Waals surface area contributed by atoms with Gasteiger partial charge >= 0.3 is 0 Å². The van der Waals surface area contributed by atoms with Gasteiger partial charge in [-0.05, 0) is 31.7 Å². The van der Waals surface area contributed by atoms with Crippen LogP contribution in [-0.4, -0.2) is 39.0 Å². The number of ether oxygens (including phenoxy) is 1. The minimum atomic E-state index is -3.70. The fraction of sp³-hybridized carbons (Fsp3) is 0.571. The van der Waals surface area contributed by atoms with Gasteiger partial charge in [0.25, 0.3) is 0 Å². The van der Waals surface area contributed by atoms with E-state index >= 15 is 0 Å². The van der Waals surface area contributed by atoms with Gasteiger partial charge in [0.15, 0.2) is 0 Å². The number of rotatable bonds is 4. The van der Waals surface area contributed by atoms with E-state index in [1.54, 1.807) is 0 Å². The van der Waals surface area contributed by atoms with Gasteiger partial charge in [-0.25, -0.2) is 8.42 Å². The van der Waals surface area contributed by atoms with Crippen molar-refractivity contribution in [1.29, 1.82) is 0 Å². The van der Waals surface area contributed by atoms with Crippen molar-refractivity contribution in [3.8, 4) is 5.75 Å². The Hall–Kier alpha value is -0.530. The second-order valence-electron chi connectivity index (χ2n) is 5.54. The van der Waals surface area contributed by atoms with E-state index < -0.39 is 10.0 Å². The van der Waals surface area contributed by atoms with E-state index in [-0.39, 0.29) is 26.9 Å². The molecule has 2 N–H and O–H groups in total. The molecule has 1 heterocycles. The maximum absolute atomic E-state index is 12.8. The number of nitrogens with zero attached hydrogens (tertiary/aromatic N) is 1. The van der Waals surface area contributed by atoms with Gasteiger partial charge in [0.1, 0.15) is 10.6 Å². The molecule has 1 aromatic rings. The molecule has 0 spiro atoms. The summed E-state index contributed by atoms with van der Waals surface area (Å²) < 4.78 is 32.1. The predicted octanol–water partition coefficient (Wildman–Crippen LogP) is 2.75. The van der Waals surface area contributed by atoms with Crippen LogP contribution in [0.2, 0.25) is 10.0 Å². The first-order valence-corrected chi connectivity index (χ1v) is 9.25. The molecule has 2 rings (SSSR count). The zero-order chi connectivity index (χ0) is 16.5. The van der Waals surface area contributed by atoms with Crippen LogP contribution in [-0.2, 0) is 10.0 Å². The number of halogens is 2. The van der Waals surface area contributed by atoms with Crippen LogP contribution in [0.25, 0.3) is 0 Å². The molecule has 2 unspecified atom stereocenters. The lowest BCUT2D eigenvalue weighted by Gasteiger charge is -2.34. The van der Waals surface area contributed by atoms with Crippen molar-refractivity contribution in [3.63, 3.8) is 0 Å². The van der Waals surface area contributed by atoms with Gasteiger partial charge in [-0.3, -0.25) is 0 Å². The van der Waals surface area contributed by atoms with Crippen molar-refractivity contribution < 1.29 is 13.2 Å². The van der Waals surface area contributed by atoms with E-state index in [2.05, 4.69) is 0 Å². The van der Waals surface area contributed by atoms with E-state index in [9.17, 15) is 8.42 Å². The largest absolute Gasteiger partial charge is 0.495 e. The Balaban J connectivity index is 2.36. The van der Waals surface area contributed by atoms with Gasteiger partial charge in [0, 0.05) is 25.2 Å². The van der Waals surface area contributed by atoms with Crippen molar-refractivity contribution in [3.05, 3.63) is 22.2 Å². The molecule has 22 heavy (non-hydrogen) atoms. The summed E-state index contributed by atoms with van der Waals surface area (Å²) in [5.41, 5.74) is 5.92. The van der Waals surface area contributed by atoms with Crippen molar-refractivity contribution in [1.82, 2.24) is 4.31 Å². The first-order chi connectivity index (χ1) is 10.3. The van der Waals surface area contributed by atoms with Gasteiger partial charge < -0.3 is 10.5 Å². The summed E-state index contributed by atoms with van der Waals surface area (Å²) in [6.45, 7) is 2.77. The average molecular weight is 367 g/mol. The molecule has 8 heteroatoms. The molecule has 0 bridgehead atoms. The average Bonchev–Trinajstić information content (AvgIpc) is 2.49. The molecule has 5 nitrogen and oxygen atoms in total. The first kappa shape index (κ1) is 17.8. The molecule has 1 fully saturated rings. The molecule has 1 aliphatic rings. The van der Waals surface area contributed by atoms with Crippen LogP contribution in [0, 0.1) is 5.92 Å². The number of hydrogen-bond acceptors (Lipinski definition) is 4. The predicted molar refractivity (Wildman–Crippen MR) is 88.1 cm³/mol. The highest BCUT2D eigenvalue weighted by molar-refractivity contribution is 7.89. The standard InChI is InChI=1S/C14H20Cl2N2O3S/c1-9(17)10-4-3-5-18(8-10)22(19,20)14-7-11(15)13(21-2)6-12(14)16/h6-7,9-10H,3-5,8,17H2,1-2H3. The highest BCUT2D eigenvalue weighted by Gasteiger charge is 2.33. The summed E-state index contributed by atoms with van der Waals surface area (Å²) in [6.07, 6.45) is 1.72. The molecule has 124 valence electrons. The van der Waals surface area contributed by atoms with E-state index in [0.29, 0.717) is 18.8 Å². The normalized spacial score (nSPS) is 21.6. The van der Waals surface area contributed by atoms with Gasteiger partial charge in [-0.15, -0.1) is 0 Å². The lowest BCUT2D eigenvalue weighted by atomic mass is 9.93. The Bertz CT molecular complexity index is 650. The van der Waals surface area contributed by atoms with Crippen LogP contribution in [0.15, 0.2) is 17.0 Å². The Labute approximate surface area is 141 Å². The second kappa shape index (κ2) is 6.93. The maximum Gasteiger partial charge on any atom is 0.244 e. The van der Waals surface area contributed by atoms with E-state index in [1.165, 1.54) is 23.5 Å². The summed E-state index contributed by atoms with van der Waals surface area (Å²) in [4.78, 5) is 0.00490. The molecular weight excluding hydrogens is 347 g/mol. The van der Waals surface area contributed by atoms with Gasteiger partial charge in [0.05, 0.1) is 17.2 Å². The first-order valence-electron chi connectivity index (χ1n) is 7.06. The van der Waals surface area contributed by atoms with Crippen molar-refractivity contribution in [2.45, 2.75) is 30.7 Å². The minimum Gasteiger partial charge on any atom is -0.495 e. The quantitative estimate of drug-likeness (QED) is 0.888. The van der Waals surface area contributed by atoms with Gasteiger partial charge in [-0.2, -0.15) is 4.31 Å². The van der Waals surface area contributed by atoms with Crippen LogP contribution in [0.1, 0.15) is 19.8 Å². The highest BCUT2D eigenvalue weighted by Crippen LogP contribution is 2.35. The number of nitrogens with two attached hydrogens (primary N) is 1. The van der Waals surface area contributed by atoms with E-state index in [0.717, 1.165) is 12.8 Å². The number of methoxy groups -OCH3 is 1. The smallest absolute Gasteiger partial charge is 0.244 e. The summed E-state index contributed by atoms with van der Waals surface area (Å²) in [6, 6.07) is 2.71. The topological polar surface area (TPSA) is 72.6 Å². The van der Waals surface area contributed by atoms with Crippen LogP contribution >= 0.6 is 23.2 Å².